The van der Waals surface area contributed by atoms with Crippen LogP contribution >= 0.6 is 0 Å². The topological polar surface area (TPSA) is 122 Å². The third kappa shape index (κ3) is 5.77. The van der Waals surface area contributed by atoms with Gasteiger partial charge in [0.2, 0.25) is 5.91 Å². The second kappa shape index (κ2) is 10.8. The number of carbonyl (C=O) groups excluding carboxylic acids is 2. The summed E-state index contributed by atoms with van der Waals surface area (Å²) in [7, 11) is 0. The van der Waals surface area contributed by atoms with Gasteiger partial charge in [-0.25, -0.2) is 4.39 Å². The van der Waals surface area contributed by atoms with Gasteiger partial charge in [0.25, 0.3) is 5.91 Å². The van der Waals surface area contributed by atoms with Gasteiger partial charge in [-0.1, -0.05) is 12.1 Å². The second-order valence-electron chi connectivity index (χ2n) is 8.48. The number of hydrogen-bond acceptors (Lipinski definition) is 6. The number of hydrogen-bond donors (Lipinski definition) is 2. The number of ether oxygens (including phenoxy) is 2. The number of morpholine rings is 1. The first-order chi connectivity index (χ1) is 17.2. The number of primary amides is 1. The van der Waals surface area contributed by atoms with Gasteiger partial charge in [-0.05, 0) is 36.2 Å². The maximum Gasteiger partial charge on any atom is 0.303 e. The van der Waals surface area contributed by atoms with E-state index in [1.807, 2.05) is 0 Å². The highest BCUT2D eigenvalue weighted by atomic mass is 19.1. The fraction of sp³-hybridized carbons (Fsp3) is 0.400. The summed E-state index contributed by atoms with van der Waals surface area (Å²) in [5.74, 6) is -3.05. The van der Waals surface area contributed by atoms with Crippen molar-refractivity contribution in [2.75, 3.05) is 26.3 Å². The van der Waals surface area contributed by atoms with Crippen molar-refractivity contribution >= 4 is 17.8 Å². The Morgan fingerprint density at radius 1 is 1.26 bits per heavy atom. The molecule has 35 heavy (non-hydrogen) atoms. The van der Waals surface area contributed by atoms with Crippen molar-refractivity contribution in [1.82, 2.24) is 9.80 Å². The Balaban J connectivity index is 1.50. The number of amides is 2. The first kappa shape index (κ1) is 23.3. The van der Waals surface area contributed by atoms with Crippen LogP contribution in [-0.2, 0) is 34.0 Å². The van der Waals surface area contributed by atoms with Crippen molar-refractivity contribution < 1.29 is 34.7 Å². The third-order valence-electron chi connectivity index (χ3n) is 6.11. The van der Waals surface area contributed by atoms with Crippen molar-refractivity contribution in [2.45, 2.75) is 38.6 Å². The van der Waals surface area contributed by atoms with Gasteiger partial charge in [0.1, 0.15) is 24.2 Å². The van der Waals surface area contributed by atoms with Gasteiger partial charge in [-0.2, -0.15) is 0 Å². The molecule has 2 aromatic carbocycles. The predicted molar refractivity (Wildman–Crippen MR) is 123 cm³/mol. The highest BCUT2D eigenvalue weighted by molar-refractivity contribution is 6.01. The van der Waals surface area contributed by atoms with Crippen LogP contribution in [-0.4, -0.2) is 65.0 Å². The fourth-order valence-electron chi connectivity index (χ4n) is 4.28. The van der Waals surface area contributed by atoms with Crippen LogP contribution in [0, 0.1) is 5.82 Å². The van der Waals surface area contributed by atoms with E-state index in [2.05, 4.69) is 4.90 Å². The van der Waals surface area contributed by atoms with Crippen molar-refractivity contribution in [1.29, 1.82) is 0 Å². The summed E-state index contributed by atoms with van der Waals surface area (Å²) >= 11 is 0. The normalized spacial score (nSPS) is 18.0. The first-order valence-corrected chi connectivity index (χ1v) is 11.3. The molecule has 1 saturated heterocycles. The van der Waals surface area contributed by atoms with Gasteiger partial charge in [-0.15, -0.1) is 0 Å². The molecular formula is C25H28FN3O6. The molecule has 1 atom stereocenters. The van der Waals surface area contributed by atoms with Crippen LogP contribution < -0.4 is 10.5 Å². The van der Waals surface area contributed by atoms with Crippen LogP contribution in [0.25, 0.3) is 0 Å². The van der Waals surface area contributed by atoms with E-state index in [4.69, 9.17) is 21.7 Å². The number of nitrogens with zero attached hydrogens (tertiary/aromatic N) is 2. The van der Waals surface area contributed by atoms with Gasteiger partial charge in [0.15, 0.2) is 0 Å². The number of benzene rings is 2. The van der Waals surface area contributed by atoms with E-state index in [1.54, 1.807) is 24.3 Å². The molecule has 9 nitrogen and oxygen atoms in total. The smallest absolute Gasteiger partial charge is 0.303 e. The predicted octanol–water partition coefficient (Wildman–Crippen LogP) is 1.91. The van der Waals surface area contributed by atoms with E-state index in [0.29, 0.717) is 36.6 Å². The van der Waals surface area contributed by atoms with Gasteiger partial charge < -0.3 is 25.2 Å². The Morgan fingerprint density at radius 2 is 2.03 bits per heavy atom. The average Bonchev–Trinajstić information content (AvgIpc) is 3.21. The lowest BCUT2D eigenvalue weighted by Crippen LogP contribution is -2.45. The Morgan fingerprint density at radius 3 is 2.74 bits per heavy atom. The molecule has 0 radical (unpaired) electrons. The SMILES string of the molecule is [2H]C(CCC(=O)O)(C(N)=O)N1Cc2c(OCc3cc(CN4CCOCC4)ccc3F)cccc2C1=O. The standard InChI is InChI=1S/C25H28FN3O6/c26-20-5-4-16(13-28-8-10-34-11-9-28)12-17(20)15-35-22-3-1-2-18-19(22)14-29(25(18)33)21(24(27)32)6-7-23(30)31/h1-5,12,21H,6-11,13-15H2,(H2,27,32)(H,30,31)/i21D. The van der Waals surface area contributed by atoms with E-state index in [0.717, 1.165) is 23.6 Å². The molecule has 0 spiro atoms. The van der Waals surface area contributed by atoms with Crippen LogP contribution in [0.15, 0.2) is 36.4 Å². The molecule has 10 heteroatoms. The molecule has 2 aliphatic heterocycles. The molecular weight excluding hydrogens is 457 g/mol. The molecule has 0 bridgehead atoms. The van der Waals surface area contributed by atoms with Gasteiger partial charge >= 0.3 is 5.97 Å². The van der Waals surface area contributed by atoms with Crippen LogP contribution in [0.4, 0.5) is 4.39 Å². The molecule has 4 rings (SSSR count). The highest BCUT2D eigenvalue weighted by Crippen LogP contribution is 2.33. The van der Waals surface area contributed by atoms with E-state index in [-0.39, 0.29) is 18.7 Å². The monoisotopic (exact) mass is 486 g/mol. The van der Waals surface area contributed by atoms with Gasteiger partial charge in [0, 0.05) is 42.7 Å². The molecule has 0 aromatic heterocycles. The van der Waals surface area contributed by atoms with E-state index in [1.165, 1.54) is 12.1 Å². The second-order valence-corrected chi connectivity index (χ2v) is 8.48. The number of carbonyl (C=O) groups is 3. The molecule has 1 unspecified atom stereocenters. The molecule has 2 aliphatic rings. The maximum atomic E-state index is 14.5. The van der Waals surface area contributed by atoms with Gasteiger partial charge in [0.05, 0.1) is 21.1 Å². The van der Waals surface area contributed by atoms with Gasteiger partial charge in [-0.3, -0.25) is 19.3 Å². The van der Waals surface area contributed by atoms with Crippen molar-refractivity contribution in [3.63, 3.8) is 0 Å². The Bertz CT molecular complexity index is 1170. The van der Waals surface area contributed by atoms with Crippen LogP contribution in [0.3, 0.4) is 0 Å². The molecule has 2 heterocycles. The third-order valence-corrected chi connectivity index (χ3v) is 6.11. The molecule has 3 N–H and O–H groups in total. The lowest BCUT2D eigenvalue weighted by atomic mass is 10.1. The summed E-state index contributed by atoms with van der Waals surface area (Å²) in [5, 5.41) is 9.00. The van der Waals surface area contributed by atoms with Crippen molar-refractivity contribution in [3.05, 3.63) is 64.5 Å². The quantitative estimate of drug-likeness (QED) is 0.526. The number of fused-ring (bicyclic) bond motifs is 1. The highest BCUT2D eigenvalue weighted by Gasteiger charge is 2.37. The maximum absolute atomic E-state index is 14.5. The molecule has 2 amide bonds. The Labute approximate surface area is 203 Å². The summed E-state index contributed by atoms with van der Waals surface area (Å²) in [6.45, 7) is 3.35. The number of aliphatic carboxylic acids is 1. The number of carboxylic acid groups (broad SMARTS) is 1. The number of halogens is 1. The zero-order chi connectivity index (χ0) is 25.9. The van der Waals surface area contributed by atoms with E-state index in [9.17, 15) is 18.8 Å². The van der Waals surface area contributed by atoms with Crippen LogP contribution in [0.2, 0.25) is 0 Å². The minimum Gasteiger partial charge on any atom is -0.488 e. The fourth-order valence-corrected chi connectivity index (χ4v) is 4.28. The zero-order valence-corrected chi connectivity index (χ0v) is 19.2. The number of nitrogens with two attached hydrogens (primary N) is 1. The lowest BCUT2D eigenvalue weighted by Gasteiger charge is -2.26. The summed E-state index contributed by atoms with van der Waals surface area (Å²) in [4.78, 5) is 39.3. The minimum absolute atomic E-state index is 0.0890. The summed E-state index contributed by atoms with van der Waals surface area (Å²) in [5.41, 5.74) is 7.36. The van der Waals surface area contributed by atoms with Crippen molar-refractivity contribution in [2.24, 2.45) is 5.73 Å². The average molecular weight is 487 g/mol. The lowest BCUT2D eigenvalue weighted by molar-refractivity contribution is -0.137. The Kier molecular flexibility index (Phi) is 7.20. The van der Waals surface area contributed by atoms with Crippen LogP contribution in [0.1, 0.15) is 41.3 Å². The zero-order valence-electron chi connectivity index (χ0n) is 20.2. The van der Waals surface area contributed by atoms with Crippen LogP contribution in [0.5, 0.6) is 5.75 Å². The summed E-state index contributed by atoms with van der Waals surface area (Å²) < 4.78 is 34.3. The molecule has 0 aliphatic carbocycles. The first-order valence-electron chi connectivity index (χ1n) is 11.8. The largest absolute Gasteiger partial charge is 0.488 e. The summed E-state index contributed by atoms with van der Waals surface area (Å²) in [6, 6.07) is 7.41. The number of carboxylic acids is 1. The van der Waals surface area contributed by atoms with E-state index >= 15 is 0 Å². The summed E-state index contributed by atoms with van der Waals surface area (Å²) in [6.07, 6.45) is -0.954. The molecule has 1 fully saturated rings. The molecule has 2 aromatic rings. The minimum atomic E-state index is -2.23. The van der Waals surface area contributed by atoms with Crippen molar-refractivity contribution in [3.8, 4) is 5.75 Å². The molecule has 0 saturated carbocycles. The molecule has 186 valence electrons. The Hall–Kier alpha value is -3.50. The van der Waals surface area contributed by atoms with E-state index < -0.39 is 42.5 Å². The number of rotatable bonds is 10.